The molecule has 27 heavy (non-hydrogen) atoms. The normalized spacial score (nSPS) is 10.3. The smallest absolute Gasteiger partial charge is 0.325 e. The number of halogens is 1. The van der Waals surface area contributed by atoms with Gasteiger partial charge in [-0.15, -0.1) is 0 Å². The van der Waals surface area contributed by atoms with Gasteiger partial charge in [-0.2, -0.15) is 0 Å². The Balaban J connectivity index is 1.48. The summed E-state index contributed by atoms with van der Waals surface area (Å²) < 4.78 is 18.7. The molecular formula is C22H18FNO3. The Morgan fingerprint density at radius 2 is 1.44 bits per heavy atom. The molecule has 3 aromatic carbocycles. The zero-order valence-corrected chi connectivity index (χ0v) is 14.5. The lowest BCUT2D eigenvalue weighted by atomic mass is 10.0. The number of carbonyl (C=O) groups excluding carboxylic acids is 2. The van der Waals surface area contributed by atoms with Crippen molar-refractivity contribution in [3.8, 4) is 11.1 Å². The maximum Gasteiger partial charge on any atom is 0.325 e. The summed E-state index contributed by atoms with van der Waals surface area (Å²) in [5.74, 6) is -1.88. The van der Waals surface area contributed by atoms with Crippen molar-refractivity contribution < 1.29 is 18.7 Å². The van der Waals surface area contributed by atoms with Crippen molar-refractivity contribution in [2.75, 3.05) is 6.54 Å². The molecule has 0 spiro atoms. The predicted octanol–water partition coefficient (Wildman–Crippen LogP) is 3.97. The van der Waals surface area contributed by atoms with Gasteiger partial charge in [0.2, 0.25) is 0 Å². The standard InChI is InChI=1S/C22H18FNO3/c23-20-9-5-4-8-19(20)22(26)24-14-21(25)27-15-16-10-12-18(13-11-16)17-6-2-1-3-7-17/h1-13H,14-15H2,(H,24,26). The van der Waals surface area contributed by atoms with E-state index in [9.17, 15) is 14.0 Å². The Kier molecular flexibility index (Phi) is 5.94. The number of nitrogens with one attached hydrogen (secondary N) is 1. The topological polar surface area (TPSA) is 55.4 Å². The van der Waals surface area contributed by atoms with E-state index in [2.05, 4.69) is 5.32 Å². The summed E-state index contributed by atoms with van der Waals surface area (Å²) in [6, 6.07) is 23.2. The Morgan fingerprint density at radius 1 is 0.815 bits per heavy atom. The van der Waals surface area contributed by atoms with Gasteiger partial charge in [0.15, 0.2) is 0 Å². The van der Waals surface area contributed by atoms with Crippen LogP contribution in [-0.4, -0.2) is 18.4 Å². The van der Waals surface area contributed by atoms with Gasteiger partial charge in [-0.1, -0.05) is 66.7 Å². The van der Waals surface area contributed by atoms with Crippen LogP contribution >= 0.6 is 0 Å². The van der Waals surface area contributed by atoms with Crippen LogP contribution in [-0.2, 0) is 16.1 Å². The summed E-state index contributed by atoms with van der Waals surface area (Å²) in [6.07, 6.45) is 0. The van der Waals surface area contributed by atoms with Crippen LogP contribution < -0.4 is 5.32 Å². The number of carbonyl (C=O) groups is 2. The number of ether oxygens (including phenoxy) is 1. The Morgan fingerprint density at radius 3 is 2.15 bits per heavy atom. The van der Waals surface area contributed by atoms with E-state index in [-0.39, 0.29) is 18.7 Å². The summed E-state index contributed by atoms with van der Waals surface area (Å²) in [7, 11) is 0. The van der Waals surface area contributed by atoms with Gasteiger partial charge in [0.1, 0.15) is 19.0 Å². The number of esters is 1. The summed E-state index contributed by atoms with van der Waals surface area (Å²) in [5, 5.41) is 2.35. The van der Waals surface area contributed by atoms with Crippen LogP contribution in [0.1, 0.15) is 15.9 Å². The Bertz CT molecular complexity index is 924. The maximum absolute atomic E-state index is 13.5. The molecule has 0 saturated heterocycles. The van der Waals surface area contributed by atoms with Gasteiger partial charge in [-0.05, 0) is 28.8 Å². The fourth-order valence-electron chi connectivity index (χ4n) is 2.53. The number of hydrogen-bond acceptors (Lipinski definition) is 3. The van der Waals surface area contributed by atoms with Crippen molar-refractivity contribution in [3.63, 3.8) is 0 Å². The first-order valence-corrected chi connectivity index (χ1v) is 8.46. The van der Waals surface area contributed by atoms with Crippen molar-refractivity contribution in [1.29, 1.82) is 0 Å². The van der Waals surface area contributed by atoms with Gasteiger partial charge in [0, 0.05) is 0 Å². The summed E-state index contributed by atoms with van der Waals surface area (Å²) in [4.78, 5) is 23.7. The first kappa shape index (κ1) is 18.3. The van der Waals surface area contributed by atoms with E-state index in [1.54, 1.807) is 6.07 Å². The molecule has 0 radical (unpaired) electrons. The molecule has 5 heteroatoms. The van der Waals surface area contributed by atoms with E-state index >= 15 is 0 Å². The van der Waals surface area contributed by atoms with Crippen molar-refractivity contribution in [3.05, 3.63) is 95.8 Å². The molecule has 1 N–H and O–H groups in total. The first-order valence-electron chi connectivity index (χ1n) is 8.46. The third kappa shape index (κ3) is 5.01. The summed E-state index contributed by atoms with van der Waals surface area (Å²) in [6.45, 7) is -0.223. The highest BCUT2D eigenvalue weighted by atomic mass is 19.1. The number of amides is 1. The van der Waals surface area contributed by atoms with E-state index in [0.717, 1.165) is 16.7 Å². The molecule has 0 aliphatic carbocycles. The van der Waals surface area contributed by atoms with Crippen molar-refractivity contribution in [2.45, 2.75) is 6.61 Å². The molecule has 0 fully saturated rings. The monoisotopic (exact) mass is 363 g/mol. The van der Waals surface area contributed by atoms with Crippen LogP contribution in [0, 0.1) is 5.82 Å². The van der Waals surface area contributed by atoms with E-state index in [4.69, 9.17) is 4.74 Å². The van der Waals surface area contributed by atoms with Gasteiger partial charge < -0.3 is 10.1 Å². The lowest BCUT2D eigenvalue weighted by Gasteiger charge is -2.08. The molecule has 0 heterocycles. The first-order chi connectivity index (χ1) is 13.1. The lowest BCUT2D eigenvalue weighted by Crippen LogP contribution is -2.31. The highest BCUT2D eigenvalue weighted by Crippen LogP contribution is 2.19. The minimum absolute atomic E-state index is 0.101. The molecule has 3 aromatic rings. The van der Waals surface area contributed by atoms with Crippen LogP contribution in [0.15, 0.2) is 78.9 Å². The van der Waals surface area contributed by atoms with E-state index in [0.29, 0.717) is 0 Å². The third-order valence-electron chi connectivity index (χ3n) is 3.97. The molecular weight excluding hydrogens is 345 g/mol. The van der Waals surface area contributed by atoms with Crippen molar-refractivity contribution in [2.24, 2.45) is 0 Å². The molecule has 4 nitrogen and oxygen atoms in total. The number of hydrogen-bond donors (Lipinski definition) is 1. The highest BCUT2D eigenvalue weighted by Gasteiger charge is 2.12. The van der Waals surface area contributed by atoms with Crippen LogP contribution in [0.3, 0.4) is 0 Å². The second-order valence-electron chi connectivity index (χ2n) is 5.89. The zero-order valence-electron chi connectivity index (χ0n) is 14.5. The Labute approximate surface area is 156 Å². The van der Waals surface area contributed by atoms with Crippen molar-refractivity contribution in [1.82, 2.24) is 5.32 Å². The molecule has 0 bridgehead atoms. The SMILES string of the molecule is O=C(CNC(=O)c1ccccc1F)OCc1ccc(-c2ccccc2)cc1. The predicted molar refractivity (Wildman–Crippen MR) is 100 cm³/mol. The molecule has 0 aliphatic rings. The average Bonchev–Trinajstić information content (AvgIpc) is 2.72. The van der Waals surface area contributed by atoms with Crippen LogP contribution in [0.25, 0.3) is 11.1 Å². The molecule has 0 aromatic heterocycles. The average molecular weight is 363 g/mol. The molecule has 0 saturated carbocycles. The molecule has 3 rings (SSSR count). The van der Waals surface area contributed by atoms with E-state index in [1.807, 2.05) is 54.6 Å². The second-order valence-corrected chi connectivity index (χ2v) is 5.89. The van der Waals surface area contributed by atoms with Crippen LogP contribution in [0.4, 0.5) is 4.39 Å². The highest BCUT2D eigenvalue weighted by molar-refractivity contribution is 5.96. The van der Waals surface area contributed by atoms with Crippen molar-refractivity contribution >= 4 is 11.9 Å². The van der Waals surface area contributed by atoms with Gasteiger partial charge in [0.25, 0.3) is 5.91 Å². The van der Waals surface area contributed by atoms with Gasteiger partial charge >= 0.3 is 5.97 Å². The fraction of sp³-hybridized carbons (Fsp3) is 0.0909. The minimum Gasteiger partial charge on any atom is -0.460 e. The largest absolute Gasteiger partial charge is 0.460 e. The van der Waals surface area contributed by atoms with Gasteiger partial charge in [-0.25, -0.2) is 4.39 Å². The number of benzene rings is 3. The molecule has 0 unspecified atom stereocenters. The molecule has 136 valence electrons. The van der Waals surface area contributed by atoms with E-state index < -0.39 is 17.7 Å². The molecule has 0 atom stereocenters. The third-order valence-corrected chi connectivity index (χ3v) is 3.97. The van der Waals surface area contributed by atoms with E-state index in [1.165, 1.54) is 18.2 Å². The number of rotatable bonds is 6. The lowest BCUT2D eigenvalue weighted by molar-refractivity contribution is -0.143. The maximum atomic E-state index is 13.5. The Hall–Kier alpha value is -3.47. The quantitative estimate of drug-likeness (QED) is 0.675. The van der Waals surface area contributed by atoms with Crippen LogP contribution in [0.5, 0.6) is 0 Å². The second kappa shape index (κ2) is 8.76. The molecule has 0 aliphatic heterocycles. The zero-order chi connectivity index (χ0) is 19.1. The van der Waals surface area contributed by atoms with Gasteiger partial charge in [0.05, 0.1) is 5.56 Å². The fourth-order valence-corrected chi connectivity index (χ4v) is 2.53. The van der Waals surface area contributed by atoms with Gasteiger partial charge in [-0.3, -0.25) is 9.59 Å². The summed E-state index contributed by atoms with van der Waals surface area (Å²) >= 11 is 0. The minimum atomic E-state index is -0.655. The molecule has 1 amide bonds. The summed E-state index contributed by atoms with van der Waals surface area (Å²) in [5.41, 5.74) is 2.91. The van der Waals surface area contributed by atoms with Crippen LogP contribution in [0.2, 0.25) is 0 Å².